The fourth-order valence-electron chi connectivity index (χ4n) is 2.93. The predicted octanol–water partition coefficient (Wildman–Crippen LogP) is 3.04. The SMILES string of the molecule is Cc1ccc2cc(-c3ccccc3)ccc2[n+]1CCCS(=O)(=O)[O-]. The third-order valence-corrected chi connectivity index (χ3v) is 4.92. The van der Waals surface area contributed by atoms with Crippen LogP contribution in [0, 0.1) is 6.92 Å². The van der Waals surface area contributed by atoms with Gasteiger partial charge in [0.15, 0.2) is 5.69 Å². The minimum Gasteiger partial charge on any atom is -0.748 e. The van der Waals surface area contributed by atoms with Crippen molar-refractivity contribution in [2.24, 2.45) is 0 Å². The number of aryl methyl sites for hydroxylation is 2. The Hall–Kier alpha value is -2.24. The quantitative estimate of drug-likeness (QED) is 0.529. The van der Waals surface area contributed by atoms with Gasteiger partial charge in [-0.15, -0.1) is 0 Å². The summed E-state index contributed by atoms with van der Waals surface area (Å²) in [5.74, 6) is -0.335. The van der Waals surface area contributed by atoms with E-state index in [-0.39, 0.29) is 5.75 Å². The molecular weight excluding hydrogens is 322 g/mol. The molecule has 124 valence electrons. The summed E-state index contributed by atoms with van der Waals surface area (Å²) in [4.78, 5) is 0. The van der Waals surface area contributed by atoms with Crippen LogP contribution in [0.4, 0.5) is 0 Å². The molecule has 0 aliphatic rings. The van der Waals surface area contributed by atoms with Crippen molar-refractivity contribution in [1.82, 2.24) is 0 Å². The monoisotopic (exact) mass is 341 g/mol. The Morgan fingerprint density at radius 3 is 2.42 bits per heavy atom. The van der Waals surface area contributed by atoms with Crippen LogP contribution in [0.15, 0.2) is 60.7 Å². The molecule has 0 bridgehead atoms. The first kappa shape index (κ1) is 16.6. The average Bonchev–Trinajstić information content (AvgIpc) is 2.56. The maximum Gasteiger partial charge on any atom is 0.212 e. The average molecular weight is 341 g/mol. The van der Waals surface area contributed by atoms with Crippen LogP contribution >= 0.6 is 0 Å². The molecular formula is C19H19NO3S. The zero-order chi connectivity index (χ0) is 17.2. The summed E-state index contributed by atoms with van der Waals surface area (Å²) >= 11 is 0. The van der Waals surface area contributed by atoms with E-state index in [9.17, 15) is 13.0 Å². The molecule has 2 aromatic carbocycles. The zero-order valence-electron chi connectivity index (χ0n) is 13.5. The van der Waals surface area contributed by atoms with Crippen LogP contribution in [0.5, 0.6) is 0 Å². The van der Waals surface area contributed by atoms with Crippen LogP contribution in [-0.4, -0.2) is 18.7 Å². The minimum atomic E-state index is -4.17. The van der Waals surface area contributed by atoms with Crippen molar-refractivity contribution >= 4 is 21.0 Å². The molecule has 1 heterocycles. The molecule has 4 nitrogen and oxygen atoms in total. The highest BCUT2D eigenvalue weighted by atomic mass is 32.2. The van der Waals surface area contributed by atoms with Gasteiger partial charge in [0.2, 0.25) is 5.52 Å². The topological polar surface area (TPSA) is 61.1 Å². The number of nitrogens with zero attached hydrogens (tertiary/aromatic N) is 1. The van der Waals surface area contributed by atoms with Gasteiger partial charge >= 0.3 is 0 Å². The standard InChI is InChI=1S/C19H19NO3S/c1-15-8-9-18-14-17(16-6-3-2-4-7-16)10-11-19(18)20(15)12-5-13-24(21,22)23/h2-4,6-11,14H,5,12-13H2,1H3. The molecule has 1 aromatic heterocycles. The van der Waals surface area contributed by atoms with E-state index in [1.807, 2.05) is 31.2 Å². The van der Waals surface area contributed by atoms with Gasteiger partial charge in [-0.1, -0.05) is 30.3 Å². The maximum atomic E-state index is 10.8. The van der Waals surface area contributed by atoms with Gasteiger partial charge in [0.1, 0.15) is 6.54 Å². The Kier molecular flexibility index (Phi) is 4.64. The Labute approximate surface area is 142 Å². The highest BCUT2D eigenvalue weighted by molar-refractivity contribution is 7.85. The number of fused-ring (bicyclic) bond motifs is 1. The van der Waals surface area contributed by atoms with E-state index in [1.54, 1.807) is 0 Å². The summed E-state index contributed by atoms with van der Waals surface area (Å²) in [6, 6.07) is 20.5. The van der Waals surface area contributed by atoms with Crippen molar-refractivity contribution in [3.05, 3.63) is 66.4 Å². The molecule has 0 fully saturated rings. The van der Waals surface area contributed by atoms with E-state index in [2.05, 4.69) is 41.0 Å². The van der Waals surface area contributed by atoms with Crippen LogP contribution in [-0.2, 0) is 16.7 Å². The Bertz CT molecular complexity index is 967. The Morgan fingerprint density at radius 2 is 1.71 bits per heavy atom. The van der Waals surface area contributed by atoms with Gasteiger partial charge in [0.05, 0.1) is 10.1 Å². The van der Waals surface area contributed by atoms with Crippen LogP contribution < -0.4 is 4.57 Å². The predicted molar refractivity (Wildman–Crippen MR) is 93.5 cm³/mol. The van der Waals surface area contributed by atoms with Crippen LogP contribution in [0.2, 0.25) is 0 Å². The summed E-state index contributed by atoms with van der Waals surface area (Å²) in [7, 11) is -4.17. The first-order valence-electron chi connectivity index (χ1n) is 7.86. The van der Waals surface area contributed by atoms with Crippen molar-refractivity contribution in [1.29, 1.82) is 0 Å². The highest BCUT2D eigenvalue weighted by Crippen LogP contribution is 2.23. The summed E-state index contributed by atoms with van der Waals surface area (Å²) < 4.78 is 34.5. The maximum absolute atomic E-state index is 10.8. The summed E-state index contributed by atoms with van der Waals surface area (Å²) in [5.41, 5.74) is 4.38. The molecule has 0 atom stereocenters. The lowest BCUT2D eigenvalue weighted by molar-refractivity contribution is -0.677. The lowest BCUT2D eigenvalue weighted by atomic mass is 10.0. The van der Waals surface area contributed by atoms with Crippen LogP contribution in [0.1, 0.15) is 12.1 Å². The third-order valence-electron chi connectivity index (χ3n) is 4.13. The molecule has 0 aliphatic carbocycles. The van der Waals surface area contributed by atoms with E-state index >= 15 is 0 Å². The fourth-order valence-corrected chi connectivity index (χ4v) is 3.41. The van der Waals surface area contributed by atoms with Crippen molar-refractivity contribution < 1.29 is 17.5 Å². The molecule has 0 N–H and O–H groups in total. The molecule has 0 radical (unpaired) electrons. The number of aromatic nitrogens is 1. The van der Waals surface area contributed by atoms with Gasteiger partial charge in [0.25, 0.3) is 0 Å². The normalized spacial score (nSPS) is 11.8. The largest absolute Gasteiger partial charge is 0.748 e. The van der Waals surface area contributed by atoms with Gasteiger partial charge in [-0.3, -0.25) is 0 Å². The molecule has 0 saturated carbocycles. The second kappa shape index (κ2) is 6.71. The van der Waals surface area contributed by atoms with Gasteiger partial charge < -0.3 is 4.55 Å². The van der Waals surface area contributed by atoms with E-state index in [4.69, 9.17) is 0 Å². The zero-order valence-corrected chi connectivity index (χ0v) is 14.3. The van der Waals surface area contributed by atoms with Crippen LogP contribution in [0.25, 0.3) is 22.0 Å². The Morgan fingerprint density at radius 1 is 0.958 bits per heavy atom. The smallest absolute Gasteiger partial charge is 0.212 e. The first-order valence-corrected chi connectivity index (χ1v) is 9.44. The first-order chi connectivity index (χ1) is 11.4. The van der Waals surface area contributed by atoms with Gasteiger partial charge in [-0.2, -0.15) is 4.57 Å². The van der Waals surface area contributed by atoms with E-state index in [1.165, 1.54) is 0 Å². The lowest BCUT2D eigenvalue weighted by Crippen LogP contribution is -2.38. The summed E-state index contributed by atoms with van der Waals surface area (Å²) in [6.07, 6.45) is 0.316. The van der Waals surface area contributed by atoms with Crippen molar-refractivity contribution in [3.63, 3.8) is 0 Å². The molecule has 0 spiro atoms. The van der Waals surface area contributed by atoms with Crippen molar-refractivity contribution in [3.8, 4) is 11.1 Å². The number of hydrogen-bond acceptors (Lipinski definition) is 3. The van der Waals surface area contributed by atoms with Gasteiger partial charge in [0, 0.05) is 36.6 Å². The fraction of sp³-hybridized carbons (Fsp3) is 0.211. The molecule has 0 unspecified atom stereocenters. The third kappa shape index (κ3) is 3.80. The lowest BCUT2D eigenvalue weighted by Gasteiger charge is -2.08. The van der Waals surface area contributed by atoms with Gasteiger partial charge in [-0.25, -0.2) is 8.42 Å². The van der Waals surface area contributed by atoms with Crippen molar-refractivity contribution in [2.75, 3.05) is 5.75 Å². The molecule has 24 heavy (non-hydrogen) atoms. The molecule has 3 aromatic rings. The second-order valence-electron chi connectivity index (χ2n) is 5.88. The molecule has 0 aliphatic heterocycles. The summed E-state index contributed by atoms with van der Waals surface area (Å²) in [6.45, 7) is 2.49. The molecule has 3 rings (SSSR count). The van der Waals surface area contributed by atoms with Crippen LogP contribution in [0.3, 0.4) is 0 Å². The highest BCUT2D eigenvalue weighted by Gasteiger charge is 2.13. The van der Waals surface area contributed by atoms with Crippen molar-refractivity contribution in [2.45, 2.75) is 19.9 Å². The number of benzene rings is 2. The van der Waals surface area contributed by atoms with E-state index in [0.29, 0.717) is 13.0 Å². The second-order valence-corrected chi connectivity index (χ2v) is 7.40. The minimum absolute atomic E-state index is 0.316. The Balaban J connectivity index is 1.96. The number of hydrogen-bond donors (Lipinski definition) is 0. The van der Waals surface area contributed by atoms with Gasteiger partial charge in [-0.05, 0) is 29.3 Å². The molecule has 5 heteroatoms. The molecule has 0 saturated heterocycles. The molecule has 0 amide bonds. The number of pyridine rings is 1. The van der Waals surface area contributed by atoms with E-state index < -0.39 is 10.1 Å². The summed E-state index contributed by atoms with van der Waals surface area (Å²) in [5, 5.41) is 1.09. The van der Waals surface area contributed by atoms with E-state index in [0.717, 1.165) is 27.7 Å². The number of rotatable bonds is 5.